The first kappa shape index (κ1) is 15.1. The van der Waals surface area contributed by atoms with E-state index >= 15 is 0 Å². The number of benzene rings is 1. The number of nitriles is 1. The molecule has 2 aliphatic rings. The minimum absolute atomic E-state index is 0.197. The number of nitrogens with zero attached hydrogens (tertiary/aromatic N) is 1. The number of hydrogen-bond acceptors (Lipinski definition) is 3. The van der Waals surface area contributed by atoms with Crippen molar-refractivity contribution in [1.29, 1.82) is 5.26 Å². The van der Waals surface area contributed by atoms with Crippen LogP contribution in [0.1, 0.15) is 50.7 Å². The van der Waals surface area contributed by atoms with Crippen molar-refractivity contribution in [3.8, 4) is 6.07 Å². The summed E-state index contributed by atoms with van der Waals surface area (Å²) in [6, 6.07) is 9.40. The van der Waals surface area contributed by atoms with E-state index in [4.69, 9.17) is 10.00 Å². The SMILES string of the molecule is CC.N#Cc1cccc(/C=C2\OC(=O)C3=C2CCCC3)c1. The topological polar surface area (TPSA) is 50.1 Å². The van der Waals surface area contributed by atoms with Crippen LogP contribution in [0.5, 0.6) is 0 Å². The van der Waals surface area contributed by atoms with Gasteiger partial charge < -0.3 is 4.74 Å². The maximum Gasteiger partial charge on any atom is 0.339 e. The number of allylic oxidation sites excluding steroid dienone is 1. The molecule has 1 aliphatic carbocycles. The molecule has 0 saturated carbocycles. The third kappa shape index (κ3) is 3.22. The predicted molar refractivity (Wildman–Crippen MR) is 82.1 cm³/mol. The van der Waals surface area contributed by atoms with Gasteiger partial charge in [0.15, 0.2) is 0 Å². The Morgan fingerprint density at radius 2 is 1.90 bits per heavy atom. The van der Waals surface area contributed by atoms with Crippen LogP contribution in [0.2, 0.25) is 0 Å². The van der Waals surface area contributed by atoms with Gasteiger partial charge >= 0.3 is 5.97 Å². The second-order valence-electron chi connectivity index (χ2n) is 4.80. The fourth-order valence-electron chi connectivity index (χ4n) is 2.59. The second-order valence-corrected chi connectivity index (χ2v) is 4.80. The van der Waals surface area contributed by atoms with Crippen LogP contribution in [0, 0.1) is 11.3 Å². The van der Waals surface area contributed by atoms with E-state index in [1.165, 1.54) is 0 Å². The van der Waals surface area contributed by atoms with Gasteiger partial charge in [0, 0.05) is 11.1 Å². The van der Waals surface area contributed by atoms with Gasteiger partial charge in [0.2, 0.25) is 0 Å². The molecule has 1 heterocycles. The first-order valence-corrected chi connectivity index (χ1v) is 7.44. The van der Waals surface area contributed by atoms with Crippen LogP contribution in [-0.4, -0.2) is 5.97 Å². The Labute approximate surface area is 125 Å². The fourth-order valence-corrected chi connectivity index (χ4v) is 2.59. The summed E-state index contributed by atoms with van der Waals surface area (Å²) in [7, 11) is 0. The van der Waals surface area contributed by atoms with E-state index in [-0.39, 0.29) is 5.97 Å². The molecule has 0 amide bonds. The zero-order valence-electron chi connectivity index (χ0n) is 12.5. The van der Waals surface area contributed by atoms with E-state index in [0.717, 1.165) is 42.4 Å². The molecule has 0 bridgehead atoms. The Balaban J connectivity index is 0.000000774. The van der Waals surface area contributed by atoms with E-state index < -0.39 is 0 Å². The van der Waals surface area contributed by atoms with Gasteiger partial charge in [-0.3, -0.25) is 0 Å². The molecule has 1 aliphatic heterocycles. The maximum atomic E-state index is 11.8. The molecule has 0 unspecified atom stereocenters. The van der Waals surface area contributed by atoms with Crippen LogP contribution >= 0.6 is 0 Å². The number of hydrogen-bond donors (Lipinski definition) is 0. The molecule has 0 aromatic heterocycles. The molecule has 1 aromatic rings. The molecule has 108 valence electrons. The highest BCUT2D eigenvalue weighted by Crippen LogP contribution is 2.37. The van der Waals surface area contributed by atoms with Gasteiger partial charge in [0.1, 0.15) is 5.76 Å². The molecule has 3 heteroatoms. The quantitative estimate of drug-likeness (QED) is 0.719. The van der Waals surface area contributed by atoms with Crippen LogP contribution in [0.4, 0.5) is 0 Å². The van der Waals surface area contributed by atoms with Crippen molar-refractivity contribution in [2.45, 2.75) is 39.5 Å². The highest BCUT2D eigenvalue weighted by atomic mass is 16.5. The van der Waals surface area contributed by atoms with E-state index in [1.807, 2.05) is 32.1 Å². The lowest BCUT2D eigenvalue weighted by Gasteiger charge is -2.10. The monoisotopic (exact) mass is 281 g/mol. The van der Waals surface area contributed by atoms with Crippen LogP contribution in [-0.2, 0) is 9.53 Å². The first-order valence-electron chi connectivity index (χ1n) is 7.44. The summed E-state index contributed by atoms with van der Waals surface area (Å²) in [6.07, 6.45) is 5.75. The Kier molecular flexibility index (Phi) is 4.94. The van der Waals surface area contributed by atoms with Gasteiger partial charge in [-0.15, -0.1) is 0 Å². The molecular weight excluding hydrogens is 262 g/mol. The second kappa shape index (κ2) is 6.90. The van der Waals surface area contributed by atoms with E-state index in [9.17, 15) is 4.79 Å². The summed E-state index contributed by atoms with van der Waals surface area (Å²) < 4.78 is 5.35. The number of rotatable bonds is 1. The Hall–Kier alpha value is -2.34. The molecule has 1 aromatic carbocycles. The van der Waals surface area contributed by atoms with Crippen LogP contribution in [0.25, 0.3) is 6.08 Å². The average Bonchev–Trinajstić information content (AvgIpc) is 2.86. The van der Waals surface area contributed by atoms with Gasteiger partial charge in [-0.1, -0.05) is 26.0 Å². The molecule has 0 N–H and O–H groups in total. The molecule has 0 spiro atoms. The summed E-state index contributed by atoms with van der Waals surface area (Å²) in [4.78, 5) is 11.8. The van der Waals surface area contributed by atoms with Crippen molar-refractivity contribution in [2.24, 2.45) is 0 Å². The number of ether oxygens (including phenoxy) is 1. The van der Waals surface area contributed by atoms with Crippen LogP contribution in [0.15, 0.2) is 41.2 Å². The Morgan fingerprint density at radius 3 is 2.62 bits per heavy atom. The normalized spacial score (nSPS) is 18.5. The average molecular weight is 281 g/mol. The van der Waals surface area contributed by atoms with Crippen LogP contribution < -0.4 is 0 Å². The zero-order valence-corrected chi connectivity index (χ0v) is 12.5. The smallest absolute Gasteiger partial charge is 0.339 e. The third-order valence-corrected chi connectivity index (χ3v) is 3.53. The molecule has 3 rings (SSSR count). The van der Waals surface area contributed by atoms with Crippen molar-refractivity contribution in [3.63, 3.8) is 0 Å². The minimum atomic E-state index is -0.197. The molecular formula is C18H19NO2. The minimum Gasteiger partial charge on any atom is -0.423 e. The Bertz CT molecular complexity index is 647. The summed E-state index contributed by atoms with van der Waals surface area (Å²) in [5, 5.41) is 8.89. The molecule has 0 atom stereocenters. The number of esters is 1. The number of cyclic esters (lactones) is 1. The third-order valence-electron chi connectivity index (χ3n) is 3.53. The number of carbonyl (C=O) groups excluding carboxylic acids is 1. The van der Waals surface area contributed by atoms with Crippen molar-refractivity contribution in [3.05, 3.63) is 52.3 Å². The molecule has 0 radical (unpaired) electrons. The standard InChI is InChI=1S/C16H13NO2.C2H6/c17-10-12-5-3-4-11(8-12)9-15-13-6-1-2-7-14(13)16(18)19-15;1-2/h3-5,8-9H,1-2,6-7H2;1-2H3/b15-9-;. The number of carbonyl (C=O) groups is 1. The molecule has 3 nitrogen and oxygen atoms in total. The largest absolute Gasteiger partial charge is 0.423 e. The summed E-state index contributed by atoms with van der Waals surface area (Å²) in [5.41, 5.74) is 3.39. The lowest BCUT2D eigenvalue weighted by atomic mass is 9.92. The van der Waals surface area contributed by atoms with Crippen molar-refractivity contribution >= 4 is 12.0 Å². The van der Waals surface area contributed by atoms with E-state index in [2.05, 4.69) is 6.07 Å². The van der Waals surface area contributed by atoms with Crippen molar-refractivity contribution in [1.82, 2.24) is 0 Å². The summed E-state index contributed by atoms with van der Waals surface area (Å²) in [5.74, 6) is 0.465. The highest BCUT2D eigenvalue weighted by Gasteiger charge is 2.30. The molecule has 0 fully saturated rings. The molecule has 0 saturated heterocycles. The highest BCUT2D eigenvalue weighted by molar-refractivity contribution is 5.95. The summed E-state index contributed by atoms with van der Waals surface area (Å²) in [6.45, 7) is 4.00. The maximum absolute atomic E-state index is 11.8. The van der Waals surface area contributed by atoms with Gasteiger partial charge in [-0.05, 0) is 49.5 Å². The van der Waals surface area contributed by atoms with Crippen molar-refractivity contribution in [2.75, 3.05) is 0 Å². The summed E-state index contributed by atoms with van der Waals surface area (Å²) >= 11 is 0. The lowest BCUT2D eigenvalue weighted by Crippen LogP contribution is -2.01. The molecule has 21 heavy (non-hydrogen) atoms. The fraction of sp³-hybridized carbons (Fsp3) is 0.333. The van der Waals surface area contributed by atoms with Gasteiger partial charge in [0.05, 0.1) is 11.6 Å². The predicted octanol–water partition coefficient (Wildman–Crippen LogP) is 4.35. The van der Waals surface area contributed by atoms with Gasteiger partial charge in [-0.2, -0.15) is 5.26 Å². The van der Waals surface area contributed by atoms with E-state index in [0.29, 0.717) is 11.3 Å². The van der Waals surface area contributed by atoms with E-state index in [1.54, 1.807) is 12.1 Å². The van der Waals surface area contributed by atoms with Crippen molar-refractivity contribution < 1.29 is 9.53 Å². The Morgan fingerprint density at radius 1 is 1.19 bits per heavy atom. The van der Waals surface area contributed by atoms with Gasteiger partial charge in [0.25, 0.3) is 0 Å². The van der Waals surface area contributed by atoms with Crippen LogP contribution in [0.3, 0.4) is 0 Å². The zero-order chi connectivity index (χ0) is 15.2. The lowest BCUT2D eigenvalue weighted by molar-refractivity contribution is -0.133. The first-order chi connectivity index (χ1) is 10.3. The van der Waals surface area contributed by atoms with Gasteiger partial charge in [-0.25, -0.2) is 4.79 Å².